The highest BCUT2D eigenvalue weighted by Gasteiger charge is 2.20. The number of aryl methyl sites for hydroxylation is 1. The molecule has 0 radical (unpaired) electrons. The fourth-order valence-corrected chi connectivity index (χ4v) is 3.80. The molecule has 1 fully saturated rings. The Labute approximate surface area is 123 Å². The van der Waals surface area contributed by atoms with E-state index in [1.807, 2.05) is 12.4 Å². The summed E-state index contributed by atoms with van der Waals surface area (Å²) in [4.78, 5) is 5.49. The number of nitrogens with zero attached hydrogens (tertiary/aromatic N) is 3. The maximum Gasteiger partial charge on any atom is 0.0798 e. The third-order valence-electron chi connectivity index (χ3n) is 4.08. The highest BCUT2D eigenvalue weighted by atomic mass is 32.1. The molecule has 0 aliphatic heterocycles. The highest BCUT2D eigenvalue weighted by Crippen LogP contribution is 2.29. The van der Waals surface area contributed by atoms with Crippen LogP contribution in [0.25, 0.3) is 0 Å². The number of hydrogen-bond acceptors (Lipinski definition) is 5. The average Bonchev–Trinajstić information content (AvgIpc) is 3.17. The Morgan fingerprint density at radius 3 is 2.95 bits per heavy atom. The van der Waals surface area contributed by atoms with Gasteiger partial charge in [0.25, 0.3) is 0 Å². The van der Waals surface area contributed by atoms with Crippen molar-refractivity contribution in [1.82, 2.24) is 20.2 Å². The van der Waals surface area contributed by atoms with Crippen LogP contribution in [0.5, 0.6) is 0 Å². The molecule has 5 nitrogen and oxygen atoms in total. The second-order valence-corrected chi connectivity index (χ2v) is 6.34. The lowest BCUT2D eigenvalue weighted by atomic mass is 10.1. The van der Waals surface area contributed by atoms with Gasteiger partial charge in [0.2, 0.25) is 0 Å². The first kappa shape index (κ1) is 13.7. The van der Waals surface area contributed by atoms with Crippen molar-refractivity contribution >= 4 is 11.3 Å². The van der Waals surface area contributed by atoms with Gasteiger partial charge in [-0.05, 0) is 25.8 Å². The van der Waals surface area contributed by atoms with E-state index in [1.54, 1.807) is 11.3 Å². The van der Waals surface area contributed by atoms with E-state index in [4.69, 9.17) is 10.9 Å². The number of rotatable bonds is 5. The zero-order chi connectivity index (χ0) is 13.9. The largest absolute Gasteiger partial charge is 0.271 e. The van der Waals surface area contributed by atoms with E-state index in [0.29, 0.717) is 6.04 Å². The lowest BCUT2D eigenvalue weighted by Crippen LogP contribution is -2.29. The molecule has 0 aromatic carbocycles. The third kappa shape index (κ3) is 2.77. The smallest absolute Gasteiger partial charge is 0.0798 e. The number of thiazole rings is 1. The van der Waals surface area contributed by atoms with Gasteiger partial charge in [0.05, 0.1) is 29.0 Å². The number of hydrazine groups is 1. The molecule has 1 saturated carbocycles. The Morgan fingerprint density at radius 1 is 1.50 bits per heavy atom. The van der Waals surface area contributed by atoms with Gasteiger partial charge in [0, 0.05) is 17.5 Å². The predicted molar refractivity (Wildman–Crippen MR) is 80.4 cm³/mol. The Morgan fingerprint density at radius 2 is 2.30 bits per heavy atom. The molecule has 0 amide bonds. The van der Waals surface area contributed by atoms with E-state index in [9.17, 15) is 0 Å². The Kier molecular flexibility index (Phi) is 4.14. The van der Waals surface area contributed by atoms with Crippen LogP contribution in [-0.2, 0) is 6.42 Å². The zero-order valence-corrected chi connectivity index (χ0v) is 12.6. The number of aromatic nitrogens is 3. The second kappa shape index (κ2) is 6.03. The minimum Gasteiger partial charge on any atom is -0.271 e. The van der Waals surface area contributed by atoms with E-state index < -0.39 is 0 Å². The molecule has 3 N–H and O–H groups in total. The van der Waals surface area contributed by atoms with Crippen LogP contribution in [0, 0.1) is 6.92 Å². The molecule has 0 saturated heterocycles. The van der Waals surface area contributed by atoms with Gasteiger partial charge in [-0.3, -0.25) is 16.0 Å². The molecule has 2 heterocycles. The monoisotopic (exact) mass is 291 g/mol. The van der Waals surface area contributed by atoms with Gasteiger partial charge >= 0.3 is 0 Å². The summed E-state index contributed by atoms with van der Waals surface area (Å²) in [6.07, 6.45) is 8.08. The standard InChI is InChI=1S/C14H21N5S/c1-10-14(20-9-16-10)13(17-15)8-11-6-7-19(18-11)12-4-2-3-5-12/h6-7,9,12-13,17H,2-5,8,15H2,1H3. The molecule has 1 aliphatic rings. The normalized spacial score (nSPS) is 17.7. The minimum absolute atomic E-state index is 0.0921. The van der Waals surface area contributed by atoms with Crippen molar-refractivity contribution in [3.8, 4) is 0 Å². The minimum atomic E-state index is 0.0921. The van der Waals surface area contributed by atoms with Gasteiger partial charge in [0.15, 0.2) is 0 Å². The van der Waals surface area contributed by atoms with Crippen molar-refractivity contribution in [2.45, 2.75) is 51.1 Å². The highest BCUT2D eigenvalue weighted by molar-refractivity contribution is 7.09. The molecule has 3 rings (SSSR count). The lowest BCUT2D eigenvalue weighted by molar-refractivity contribution is 0.457. The summed E-state index contributed by atoms with van der Waals surface area (Å²) in [6, 6.07) is 2.80. The maximum absolute atomic E-state index is 5.70. The topological polar surface area (TPSA) is 68.8 Å². The molecule has 108 valence electrons. The first-order valence-corrected chi connectivity index (χ1v) is 8.06. The number of nitrogens with one attached hydrogen (secondary N) is 1. The summed E-state index contributed by atoms with van der Waals surface area (Å²) in [6.45, 7) is 2.02. The van der Waals surface area contributed by atoms with Crippen LogP contribution in [0.2, 0.25) is 0 Å². The first-order valence-electron chi connectivity index (χ1n) is 7.18. The SMILES string of the molecule is Cc1ncsc1C(Cc1ccn(C2CCCC2)n1)NN. The third-order valence-corrected chi connectivity index (χ3v) is 5.12. The van der Waals surface area contributed by atoms with E-state index in [2.05, 4.69) is 27.4 Å². The van der Waals surface area contributed by atoms with Crippen molar-refractivity contribution in [1.29, 1.82) is 0 Å². The van der Waals surface area contributed by atoms with Crippen LogP contribution in [0.15, 0.2) is 17.8 Å². The van der Waals surface area contributed by atoms with Gasteiger partial charge in [-0.1, -0.05) is 12.8 Å². The Hall–Kier alpha value is -1.24. The quantitative estimate of drug-likeness (QED) is 0.656. The van der Waals surface area contributed by atoms with Gasteiger partial charge < -0.3 is 0 Å². The summed E-state index contributed by atoms with van der Waals surface area (Å²) >= 11 is 1.65. The maximum atomic E-state index is 5.70. The Bertz CT molecular complexity index is 555. The van der Waals surface area contributed by atoms with Crippen molar-refractivity contribution < 1.29 is 0 Å². The van der Waals surface area contributed by atoms with Crippen LogP contribution < -0.4 is 11.3 Å². The predicted octanol–water partition coefficient (Wildman–Crippen LogP) is 2.51. The van der Waals surface area contributed by atoms with Gasteiger partial charge in [0.1, 0.15) is 0 Å². The van der Waals surface area contributed by atoms with Crippen molar-refractivity contribution in [2.75, 3.05) is 0 Å². The molecule has 2 aromatic rings. The van der Waals surface area contributed by atoms with Gasteiger partial charge in [-0.25, -0.2) is 4.98 Å². The fourth-order valence-electron chi connectivity index (χ4n) is 2.94. The summed E-state index contributed by atoms with van der Waals surface area (Å²) < 4.78 is 2.13. The average molecular weight is 291 g/mol. The lowest BCUT2D eigenvalue weighted by Gasteiger charge is -2.14. The van der Waals surface area contributed by atoms with Crippen LogP contribution in [0.3, 0.4) is 0 Å². The molecule has 2 aromatic heterocycles. The fraction of sp³-hybridized carbons (Fsp3) is 0.571. The van der Waals surface area contributed by atoms with Gasteiger partial charge in [-0.2, -0.15) is 5.10 Å². The van der Waals surface area contributed by atoms with Gasteiger partial charge in [-0.15, -0.1) is 11.3 Å². The summed E-state index contributed by atoms with van der Waals surface area (Å²) in [7, 11) is 0. The first-order chi connectivity index (χ1) is 9.78. The summed E-state index contributed by atoms with van der Waals surface area (Å²) in [5.41, 5.74) is 6.90. The van der Waals surface area contributed by atoms with E-state index >= 15 is 0 Å². The second-order valence-electron chi connectivity index (χ2n) is 5.45. The summed E-state index contributed by atoms with van der Waals surface area (Å²) in [5, 5.41) is 4.72. The van der Waals surface area contributed by atoms with Crippen molar-refractivity contribution in [3.05, 3.63) is 34.0 Å². The van der Waals surface area contributed by atoms with Crippen molar-refractivity contribution in [2.24, 2.45) is 5.84 Å². The van der Waals surface area contributed by atoms with Crippen LogP contribution in [0.1, 0.15) is 54.0 Å². The van der Waals surface area contributed by atoms with E-state index in [0.717, 1.165) is 17.8 Å². The van der Waals surface area contributed by atoms with Crippen molar-refractivity contribution in [3.63, 3.8) is 0 Å². The van der Waals surface area contributed by atoms with E-state index in [-0.39, 0.29) is 6.04 Å². The van der Waals surface area contributed by atoms with Crippen LogP contribution in [-0.4, -0.2) is 14.8 Å². The molecular formula is C14H21N5S. The molecule has 0 bridgehead atoms. The molecule has 20 heavy (non-hydrogen) atoms. The molecule has 1 atom stereocenters. The van der Waals surface area contributed by atoms with E-state index in [1.165, 1.54) is 30.6 Å². The Balaban J connectivity index is 1.71. The molecule has 6 heteroatoms. The number of hydrogen-bond donors (Lipinski definition) is 2. The van der Waals surface area contributed by atoms with Crippen LogP contribution >= 0.6 is 11.3 Å². The molecule has 1 aliphatic carbocycles. The summed E-state index contributed by atoms with van der Waals surface area (Å²) in [5.74, 6) is 5.70. The number of nitrogens with two attached hydrogens (primary N) is 1. The zero-order valence-electron chi connectivity index (χ0n) is 11.7. The molecule has 0 spiro atoms. The molecule has 1 unspecified atom stereocenters. The molecular weight excluding hydrogens is 270 g/mol. The van der Waals surface area contributed by atoms with Crippen LogP contribution in [0.4, 0.5) is 0 Å².